The second-order valence-corrected chi connectivity index (χ2v) is 4.95. The molecule has 22 heavy (non-hydrogen) atoms. The van der Waals surface area contributed by atoms with Gasteiger partial charge in [-0.2, -0.15) is 0 Å². The van der Waals surface area contributed by atoms with Crippen LogP contribution in [0.25, 0.3) is 5.57 Å². The van der Waals surface area contributed by atoms with Crippen LogP contribution in [0.5, 0.6) is 5.75 Å². The van der Waals surface area contributed by atoms with Crippen LogP contribution in [-0.4, -0.2) is 24.5 Å². The summed E-state index contributed by atoms with van der Waals surface area (Å²) in [5, 5.41) is 2.84. The molecule has 0 aliphatic rings. The van der Waals surface area contributed by atoms with E-state index in [1.807, 2.05) is 31.2 Å². The minimum Gasteiger partial charge on any atom is -0.497 e. The first-order chi connectivity index (χ1) is 10.6. The molecule has 5 nitrogen and oxygen atoms in total. The fraction of sp³-hybridized carbons (Fsp3) is 0.294. The fourth-order valence-electron chi connectivity index (χ4n) is 2.03. The van der Waals surface area contributed by atoms with Crippen LogP contribution in [0.2, 0.25) is 0 Å². The summed E-state index contributed by atoms with van der Waals surface area (Å²) in [5.74, 6) is 2.05. The predicted molar refractivity (Wildman–Crippen MR) is 84.6 cm³/mol. The van der Waals surface area contributed by atoms with Crippen molar-refractivity contribution in [1.29, 1.82) is 0 Å². The number of aryl methyl sites for hydroxylation is 1. The van der Waals surface area contributed by atoms with E-state index in [9.17, 15) is 4.79 Å². The first-order valence-corrected chi connectivity index (χ1v) is 7.10. The summed E-state index contributed by atoms with van der Waals surface area (Å²) < 4.78 is 10.5. The number of rotatable bonds is 6. The molecule has 0 spiro atoms. The Kier molecular flexibility index (Phi) is 5.36. The number of amides is 1. The van der Waals surface area contributed by atoms with E-state index in [1.54, 1.807) is 26.3 Å². The van der Waals surface area contributed by atoms with Gasteiger partial charge in [0, 0.05) is 26.0 Å². The third kappa shape index (κ3) is 4.48. The second-order valence-electron chi connectivity index (χ2n) is 4.95. The van der Waals surface area contributed by atoms with Crippen molar-refractivity contribution in [3.05, 3.63) is 53.8 Å². The summed E-state index contributed by atoms with van der Waals surface area (Å²) in [4.78, 5) is 15.9. The lowest BCUT2D eigenvalue weighted by Gasteiger charge is -2.05. The summed E-state index contributed by atoms with van der Waals surface area (Å²) in [7, 11) is 1.62. The third-order valence-electron chi connectivity index (χ3n) is 3.21. The van der Waals surface area contributed by atoms with Crippen LogP contribution in [0, 0.1) is 6.92 Å². The highest BCUT2D eigenvalue weighted by Gasteiger charge is 2.04. The van der Waals surface area contributed by atoms with Gasteiger partial charge in [-0.25, -0.2) is 4.98 Å². The van der Waals surface area contributed by atoms with E-state index < -0.39 is 0 Å². The molecule has 0 bridgehead atoms. The first-order valence-electron chi connectivity index (χ1n) is 7.10. The van der Waals surface area contributed by atoms with Gasteiger partial charge in [0.2, 0.25) is 5.91 Å². The van der Waals surface area contributed by atoms with Gasteiger partial charge in [0.15, 0.2) is 5.89 Å². The van der Waals surface area contributed by atoms with Crippen molar-refractivity contribution < 1.29 is 13.9 Å². The number of hydrogen-bond acceptors (Lipinski definition) is 4. The number of benzene rings is 1. The standard InChI is InChI=1S/C17H20N2O3/c1-12(14-5-4-6-15(10-14)21-3)9-17(20)18-8-7-16-11-19-13(2)22-16/h4-6,9-11H,7-8H2,1-3H3,(H,18,20)/b12-9+. The Morgan fingerprint density at radius 3 is 2.95 bits per heavy atom. The van der Waals surface area contributed by atoms with Crippen LogP contribution in [0.4, 0.5) is 0 Å². The molecular weight excluding hydrogens is 280 g/mol. The number of oxazole rings is 1. The zero-order valence-corrected chi connectivity index (χ0v) is 13.1. The summed E-state index contributed by atoms with van der Waals surface area (Å²) in [6, 6.07) is 7.61. The third-order valence-corrected chi connectivity index (χ3v) is 3.21. The van der Waals surface area contributed by atoms with Gasteiger partial charge >= 0.3 is 0 Å². The molecule has 0 saturated heterocycles. The highest BCUT2D eigenvalue weighted by Crippen LogP contribution is 2.19. The number of allylic oxidation sites excluding steroid dienone is 1. The van der Waals surface area contributed by atoms with Gasteiger partial charge in [-0.3, -0.25) is 4.79 Å². The molecule has 1 aromatic carbocycles. The highest BCUT2D eigenvalue weighted by molar-refractivity contribution is 5.94. The molecule has 0 radical (unpaired) electrons. The molecular formula is C17H20N2O3. The molecule has 116 valence electrons. The Hall–Kier alpha value is -2.56. The minimum atomic E-state index is -0.128. The number of methoxy groups -OCH3 is 1. The molecule has 2 rings (SSSR count). The summed E-state index contributed by atoms with van der Waals surface area (Å²) in [5.41, 5.74) is 1.84. The Morgan fingerprint density at radius 1 is 1.45 bits per heavy atom. The second kappa shape index (κ2) is 7.45. The van der Waals surface area contributed by atoms with Crippen molar-refractivity contribution in [2.24, 2.45) is 0 Å². The molecule has 1 heterocycles. The quantitative estimate of drug-likeness (QED) is 0.833. The lowest BCUT2D eigenvalue weighted by atomic mass is 10.1. The van der Waals surface area contributed by atoms with Gasteiger partial charge in [-0.15, -0.1) is 0 Å². The average molecular weight is 300 g/mol. The Labute approximate surface area is 130 Å². The molecule has 0 aliphatic carbocycles. The molecule has 1 amide bonds. The van der Waals surface area contributed by atoms with Crippen molar-refractivity contribution in [2.45, 2.75) is 20.3 Å². The fourth-order valence-corrected chi connectivity index (χ4v) is 2.03. The van der Waals surface area contributed by atoms with Crippen LogP contribution in [-0.2, 0) is 11.2 Å². The van der Waals surface area contributed by atoms with Gasteiger partial charge < -0.3 is 14.5 Å². The normalized spacial score (nSPS) is 11.3. The van der Waals surface area contributed by atoms with Crippen LogP contribution < -0.4 is 10.1 Å². The van der Waals surface area contributed by atoms with Gasteiger partial charge in [-0.05, 0) is 30.2 Å². The van der Waals surface area contributed by atoms with Gasteiger partial charge in [0.25, 0.3) is 0 Å². The molecule has 0 aliphatic heterocycles. The number of nitrogens with one attached hydrogen (secondary N) is 1. The Balaban J connectivity index is 1.89. The maximum atomic E-state index is 11.9. The van der Waals surface area contributed by atoms with E-state index in [1.165, 1.54) is 0 Å². The number of hydrogen-bond donors (Lipinski definition) is 1. The van der Waals surface area contributed by atoms with Crippen molar-refractivity contribution in [3.8, 4) is 5.75 Å². The lowest BCUT2D eigenvalue weighted by molar-refractivity contribution is -0.116. The van der Waals surface area contributed by atoms with Crippen LogP contribution in [0.3, 0.4) is 0 Å². The van der Waals surface area contributed by atoms with Gasteiger partial charge in [-0.1, -0.05) is 12.1 Å². The van der Waals surface area contributed by atoms with E-state index >= 15 is 0 Å². The topological polar surface area (TPSA) is 64.4 Å². The summed E-state index contributed by atoms with van der Waals surface area (Å²) in [6.45, 7) is 4.20. The van der Waals surface area contributed by atoms with E-state index in [0.29, 0.717) is 18.9 Å². The van der Waals surface area contributed by atoms with E-state index in [-0.39, 0.29) is 5.91 Å². The maximum absolute atomic E-state index is 11.9. The largest absolute Gasteiger partial charge is 0.497 e. The molecule has 1 aromatic heterocycles. The molecule has 5 heteroatoms. The van der Waals surface area contributed by atoms with E-state index in [2.05, 4.69) is 10.3 Å². The Bertz CT molecular complexity index is 674. The number of aromatic nitrogens is 1. The van der Waals surface area contributed by atoms with E-state index in [4.69, 9.17) is 9.15 Å². The number of ether oxygens (including phenoxy) is 1. The summed E-state index contributed by atoms with van der Waals surface area (Å²) in [6.07, 6.45) is 3.89. The molecule has 0 atom stereocenters. The molecule has 1 N–H and O–H groups in total. The predicted octanol–water partition coefficient (Wildman–Crippen LogP) is 2.75. The van der Waals surface area contributed by atoms with Crippen LogP contribution in [0.1, 0.15) is 24.1 Å². The minimum absolute atomic E-state index is 0.128. The average Bonchev–Trinajstić information content (AvgIpc) is 2.92. The zero-order valence-electron chi connectivity index (χ0n) is 13.1. The van der Waals surface area contributed by atoms with Crippen molar-refractivity contribution in [3.63, 3.8) is 0 Å². The van der Waals surface area contributed by atoms with Crippen molar-refractivity contribution in [1.82, 2.24) is 10.3 Å². The molecule has 0 fully saturated rings. The van der Waals surface area contributed by atoms with Crippen molar-refractivity contribution in [2.75, 3.05) is 13.7 Å². The molecule has 0 saturated carbocycles. The highest BCUT2D eigenvalue weighted by atomic mass is 16.5. The number of carbonyl (C=O) groups is 1. The van der Waals surface area contributed by atoms with Crippen molar-refractivity contribution >= 4 is 11.5 Å². The monoisotopic (exact) mass is 300 g/mol. The lowest BCUT2D eigenvalue weighted by Crippen LogP contribution is -2.23. The van der Waals surface area contributed by atoms with Gasteiger partial charge in [0.05, 0.1) is 13.3 Å². The van der Waals surface area contributed by atoms with E-state index in [0.717, 1.165) is 22.6 Å². The Morgan fingerprint density at radius 2 is 2.27 bits per heavy atom. The molecule has 2 aromatic rings. The first kappa shape index (κ1) is 15.8. The number of carbonyl (C=O) groups excluding carboxylic acids is 1. The van der Waals surface area contributed by atoms with Gasteiger partial charge in [0.1, 0.15) is 11.5 Å². The zero-order chi connectivity index (χ0) is 15.9. The molecule has 0 unspecified atom stereocenters. The van der Waals surface area contributed by atoms with Crippen LogP contribution >= 0.6 is 0 Å². The number of nitrogens with zero attached hydrogens (tertiary/aromatic N) is 1. The SMILES string of the molecule is COc1cccc(/C(C)=C/C(=O)NCCc2cnc(C)o2)c1. The smallest absolute Gasteiger partial charge is 0.244 e. The van der Waals surface area contributed by atoms with Crippen LogP contribution in [0.15, 0.2) is 41.0 Å². The summed E-state index contributed by atoms with van der Waals surface area (Å²) >= 11 is 0. The maximum Gasteiger partial charge on any atom is 0.244 e.